The summed E-state index contributed by atoms with van der Waals surface area (Å²) in [4.78, 5) is 18.3. The molecule has 1 unspecified atom stereocenters. The molecular formula is C8H18NO4P. The molecule has 0 aliphatic heterocycles. The van der Waals surface area contributed by atoms with Crippen molar-refractivity contribution in [2.24, 2.45) is 5.34 Å². The lowest BCUT2D eigenvalue weighted by Gasteiger charge is -2.04. The largest absolute Gasteiger partial charge is 0.420 e. The Morgan fingerprint density at radius 1 is 1.21 bits per heavy atom. The highest BCUT2D eigenvalue weighted by atomic mass is 31.2. The summed E-state index contributed by atoms with van der Waals surface area (Å²) >= 11 is 0. The third-order valence-corrected chi connectivity index (χ3v) is 2.41. The molecule has 5 nitrogen and oxygen atoms in total. The number of hydrogen-bond acceptors (Lipinski definition) is 5. The first kappa shape index (κ1) is 13.8. The van der Waals surface area contributed by atoms with Crippen LogP contribution in [0.5, 0.6) is 0 Å². The minimum Gasteiger partial charge on any atom is -0.317 e. The quantitative estimate of drug-likeness (QED) is 0.267. The predicted molar refractivity (Wildman–Crippen MR) is 55.3 cm³/mol. The van der Waals surface area contributed by atoms with Crippen molar-refractivity contribution in [2.75, 3.05) is 6.61 Å². The first-order chi connectivity index (χ1) is 6.81. The molecule has 0 amide bonds. The van der Waals surface area contributed by atoms with Crippen LogP contribution in [0.25, 0.3) is 0 Å². The smallest absolute Gasteiger partial charge is 0.317 e. The summed E-state index contributed by atoms with van der Waals surface area (Å²) in [6.07, 6.45) is 6.90. The maximum absolute atomic E-state index is 9.53. The Labute approximate surface area is 85.7 Å². The van der Waals surface area contributed by atoms with Crippen molar-refractivity contribution < 1.29 is 14.0 Å². The van der Waals surface area contributed by atoms with Crippen LogP contribution >= 0.6 is 8.60 Å². The molecule has 0 aliphatic carbocycles. The van der Waals surface area contributed by atoms with Gasteiger partial charge in [-0.3, -0.25) is 4.62 Å². The summed E-state index contributed by atoms with van der Waals surface area (Å²) in [5.74, 6) is 0. The molecule has 0 radical (unpaired) electrons. The summed E-state index contributed by atoms with van der Waals surface area (Å²) in [5.41, 5.74) is 0. The molecule has 0 saturated heterocycles. The summed E-state index contributed by atoms with van der Waals surface area (Å²) in [7, 11) is -2.09. The van der Waals surface area contributed by atoms with Gasteiger partial charge < -0.3 is 9.42 Å². The van der Waals surface area contributed by atoms with Crippen LogP contribution < -0.4 is 0 Å². The minimum atomic E-state index is -2.09. The van der Waals surface area contributed by atoms with E-state index in [1.165, 1.54) is 25.7 Å². The Bertz CT molecular complexity index is 137. The van der Waals surface area contributed by atoms with Crippen molar-refractivity contribution in [1.82, 2.24) is 0 Å². The predicted octanol–water partition coefficient (Wildman–Crippen LogP) is 3.28. The van der Waals surface area contributed by atoms with Crippen molar-refractivity contribution in [2.45, 2.75) is 45.4 Å². The molecule has 14 heavy (non-hydrogen) atoms. The van der Waals surface area contributed by atoms with Crippen molar-refractivity contribution in [1.29, 1.82) is 0 Å². The molecule has 0 spiro atoms. The van der Waals surface area contributed by atoms with Crippen molar-refractivity contribution in [3.05, 3.63) is 4.91 Å². The molecule has 0 aromatic carbocycles. The lowest BCUT2D eigenvalue weighted by atomic mass is 10.1. The van der Waals surface area contributed by atoms with Gasteiger partial charge in [-0.15, -0.1) is 4.91 Å². The van der Waals surface area contributed by atoms with E-state index >= 15 is 0 Å². The maximum atomic E-state index is 9.53. The van der Waals surface area contributed by atoms with E-state index in [0.29, 0.717) is 6.61 Å². The van der Waals surface area contributed by atoms with Gasteiger partial charge in [0.25, 0.3) is 0 Å². The maximum Gasteiger partial charge on any atom is 0.420 e. The number of unbranched alkanes of at least 4 members (excludes halogenated alkanes) is 5. The number of rotatable bonds is 10. The fourth-order valence-electron chi connectivity index (χ4n) is 1.08. The van der Waals surface area contributed by atoms with Gasteiger partial charge in [0.2, 0.25) is 0 Å². The monoisotopic (exact) mass is 223 g/mol. The molecule has 0 aromatic rings. The average Bonchev–Trinajstić information content (AvgIpc) is 2.17. The van der Waals surface area contributed by atoms with Crippen LogP contribution in [-0.4, -0.2) is 11.5 Å². The molecule has 0 rings (SSSR count). The van der Waals surface area contributed by atoms with Crippen LogP contribution in [0.3, 0.4) is 0 Å². The second kappa shape index (κ2) is 10.8. The van der Waals surface area contributed by atoms with Crippen LogP contribution in [0.15, 0.2) is 5.34 Å². The molecule has 0 heterocycles. The van der Waals surface area contributed by atoms with E-state index < -0.39 is 8.60 Å². The molecule has 84 valence electrons. The van der Waals surface area contributed by atoms with Crippen LogP contribution in [0.1, 0.15) is 45.4 Å². The Hall–Kier alpha value is -0.250. The van der Waals surface area contributed by atoms with E-state index in [1.54, 1.807) is 0 Å². The topological polar surface area (TPSA) is 68.1 Å². The van der Waals surface area contributed by atoms with Gasteiger partial charge in [-0.2, -0.15) is 0 Å². The standard InChI is InChI=1S/C8H18NO4P/c1-2-3-4-5-6-7-8-12-14(11)13-9-10/h11H,2-8H2,1H3. The normalized spacial score (nSPS) is 12.4. The van der Waals surface area contributed by atoms with Gasteiger partial charge in [0, 0.05) is 0 Å². The molecule has 6 heteroatoms. The van der Waals surface area contributed by atoms with Crippen molar-refractivity contribution in [3.63, 3.8) is 0 Å². The lowest BCUT2D eigenvalue weighted by molar-refractivity contribution is 0.200. The highest BCUT2D eigenvalue weighted by Gasteiger charge is 2.06. The van der Waals surface area contributed by atoms with Crippen molar-refractivity contribution in [3.8, 4) is 0 Å². The molecule has 0 aliphatic rings. The summed E-state index contributed by atoms with van der Waals surface area (Å²) in [6.45, 7) is 2.59. The Kier molecular flexibility index (Phi) is 10.6. The second-order valence-electron chi connectivity index (χ2n) is 3.00. The van der Waals surface area contributed by atoms with E-state index in [-0.39, 0.29) is 0 Å². The van der Waals surface area contributed by atoms with Gasteiger partial charge >= 0.3 is 8.60 Å². The third-order valence-electron chi connectivity index (χ3n) is 1.80. The van der Waals surface area contributed by atoms with Gasteiger partial charge in [-0.25, -0.2) is 0 Å². The van der Waals surface area contributed by atoms with Gasteiger partial charge in [0.05, 0.1) is 6.61 Å². The zero-order valence-electron chi connectivity index (χ0n) is 8.52. The Balaban J connectivity index is 3.01. The van der Waals surface area contributed by atoms with E-state index in [9.17, 15) is 4.91 Å². The Morgan fingerprint density at radius 2 is 1.86 bits per heavy atom. The summed E-state index contributed by atoms with van der Waals surface area (Å²) in [6, 6.07) is 0. The van der Waals surface area contributed by atoms with Crippen LogP contribution in [0, 0.1) is 4.91 Å². The van der Waals surface area contributed by atoms with Gasteiger partial charge in [-0.05, 0) is 6.42 Å². The van der Waals surface area contributed by atoms with Gasteiger partial charge in [-0.1, -0.05) is 39.0 Å². The molecule has 1 N–H and O–H groups in total. The molecule has 0 fully saturated rings. The van der Waals surface area contributed by atoms with Crippen LogP contribution in [0.4, 0.5) is 0 Å². The number of hydrogen-bond donors (Lipinski definition) is 1. The van der Waals surface area contributed by atoms with E-state index in [1.807, 2.05) is 0 Å². The first-order valence-corrected chi connectivity index (χ1v) is 6.06. The first-order valence-electron chi connectivity index (χ1n) is 4.93. The molecule has 0 bridgehead atoms. The highest BCUT2D eigenvalue weighted by Crippen LogP contribution is 2.32. The number of nitrogens with zero attached hydrogens (tertiary/aromatic N) is 1. The van der Waals surface area contributed by atoms with E-state index in [0.717, 1.165) is 12.8 Å². The molecule has 1 atom stereocenters. The fourth-order valence-corrected chi connectivity index (χ4v) is 1.47. The van der Waals surface area contributed by atoms with E-state index in [4.69, 9.17) is 9.42 Å². The lowest BCUT2D eigenvalue weighted by Crippen LogP contribution is -1.90. The molecule has 0 saturated carbocycles. The Morgan fingerprint density at radius 3 is 2.50 bits per heavy atom. The summed E-state index contributed by atoms with van der Waals surface area (Å²) < 4.78 is 8.75. The summed E-state index contributed by atoms with van der Waals surface area (Å²) in [5, 5.41) is 2.08. The average molecular weight is 223 g/mol. The van der Waals surface area contributed by atoms with Gasteiger partial charge in [0.15, 0.2) is 5.34 Å². The second-order valence-corrected chi connectivity index (χ2v) is 3.89. The molecular weight excluding hydrogens is 205 g/mol. The van der Waals surface area contributed by atoms with E-state index in [2.05, 4.69) is 16.9 Å². The molecule has 0 aromatic heterocycles. The van der Waals surface area contributed by atoms with Crippen LogP contribution in [-0.2, 0) is 9.15 Å². The highest BCUT2D eigenvalue weighted by molar-refractivity contribution is 7.40. The van der Waals surface area contributed by atoms with Gasteiger partial charge in [0.1, 0.15) is 0 Å². The third kappa shape index (κ3) is 9.84. The van der Waals surface area contributed by atoms with Crippen LogP contribution in [0.2, 0.25) is 0 Å². The fraction of sp³-hybridized carbons (Fsp3) is 1.00. The zero-order chi connectivity index (χ0) is 10.6. The zero-order valence-corrected chi connectivity index (χ0v) is 9.41. The SMILES string of the molecule is CCCCCCCCOP(O)ON=O. The minimum absolute atomic E-state index is 0.420. The van der Waals surface area contributed by atoms with Crippen molar-refractivity contribution >= 4 is 8.60 Å².